The molecule has 1 atom stereocenters. The van der Waals surface area contributed by atoms with Gasteiger partial charge < -0.3 is 5.11 Å². The fourth-order valence-electron chi connectivity index (χ4n) is 1.50. The van der Waals surface area contributed by atoms with Crippen LogP contribution in [0.3, 0.4) is 0 Å². The van der Waals surface area contributed by atoms with E-state index < -0.39 is 21.9 Å². The van der Waals surface area contributed by atoms with Gasteiger partial charge in [0.25, 0.3) is 0 Å². The molecule has 0 saturated heterocycles. The molecule has 0 spiro atoms. The molecule has 0 amide bonds. The average molecular weight is 336 g/mol. The minimum Gasteiger partial charge on any atom is -0.387 e. The summed E-state index contributed by atoms with van der Waals surface area (Å²) in [4.78, 5) is 0. The van der Waals surface area contributed by atoms with Crippen LogP contribution in [-0.4, -0.2) is 20.1 Å². The smallest absolute Gasteiger partial charge is 0.250 e. The van der Waals surface area contributed by atoms with E-state index in [1.807, 2.05) is 0 Å². The fraction of sp³-hybridized carbons (Fsp3) is 0.167. The number of aliphatic hydroxyl groups excluding tert-OH is 1. The summed E-state index contributed by atoms with van der Waals surface area (Å²) in [5.74, 6) is -0.422. The number of sulfonamides is 1. The summed E-state index contributed by atoms with van der Waals surface area (Å²) in [6, 6.07) is 8.07. The third-order valence-corrected chi connectivity index (χ3v) is 5.68. The predicted octanol–water partition coefficient (Wildman–Crippen LogP) is 2.55. The van der Waals surface area contributed by atoms with Gasteiger partial charge in [0.05, 0.1) is 10.4 Å². The van der Waals surface area contributed by atoms with E-state index in [1.54, 1.807) is 0 Å². The molecule has 2 N–H and O–H groups in total. The van der Waals surface area contributed by atoms with Gasteiger partial charge in [0, 0.05) is 6.54 Å². The van der Waals surface area contributed by atoms with Crippen LogP contribution in [0.5, 0.6) is 0 Å². The second-order valence-corrected chi connectivity index (χ2v) is 7.69. The fourth-order valence-corrected chi connectivity index (χ4v) is 4.07. The number of hydrogen-bond acceptors (Lipinski definition) is 4. The first kappa shape index (κ1) is 15.4. The lowest BCUT2D eigenvalue weighted by Gasteiger charge is -2.11. The topological polar surface area (TPSA) is 66.4 Å². The van der Waals surface area contributed by atoms with Gasteiger partial charge in [-0.15, -0.1) is 11.3 Å². The standard InChI is InChI=1S/C12H11ClFNO3S2/c13-11-5-6-12(19-11)20(17,18)15-7-10(16)8-1-3-9(14)4-2-8/h1-6,10,15-16H,7H2/t10-/m1/s1. The minimum atomic E-state index is -3.70. The molecule has 0 bridgehead atoms. The van der Waals surface area contributed by atoms with Crippen molar-refractivity contribution in [1.29, 1.82) is 0 Å². The zero-order chi connectivity index (χ0) is 14.8. The van der Waals surface area contributed by atoms with E-state index in [-0.39, 0.29) is 10.8 Å². The molecule has 1 aromatic heterocycles. The highest BCUT2D eigenvalue weighted by Crippen LogP contribution is 2.25. The number of nitrogens with one attached hydrogen (secondary N) is 1. The Bertz CT molecular complexity index is 685. The first-order chi connectivity index (χ1) is 9.38. The van der Waals surface area contributed by atoms with Crippen molar-refractivity contribution in [3.8, 4) is 0 Å². The van der Waals surface area contributed by atoms with Crippen molar-refractivity contribution in [3.63, 3.8) is 0 Å². The highest BCUT2D eigenvalue weighted by atomic mass is 35.5. The first-order valence-electron chi connectivity index (χ1n) is 5.57. The number of benzene rings is 1. The Morgan fingerprint density at radius 2 is 1.90 bits per heavy atom. The van der Waals surface area contributed by atoms with Gasteiger partial charge in [-0.25, -0.2) is 17.5 Å². The van der Waals surface area contributed by atoms with Gasteiger partial charge >= 0.3 is 0 Å². The summed E-state index contributed by atoms with van der Waals surface area (Å²) >= 11 is 6.61. The molecule has 4 nitrogen and oxygen atoms in total. The Morgan fingerprint density at radius 3 is 2.45 bits per heavy atom. The van der Waals surface area contributed by atoms with Crippen LogP contribution in [0.4, 0.5) is 4.39 Å². The second-order valence-electron chi connectivity index (χ2n) is 3.98. The van der Waals surface area contributed by atoms with E-state index in [4.69, 9.17) is 11.6 Å². The number of rotatable bonds is 5. The quantitative estimate of drug-likeness (QED) is 0.882. The van der Waals surface area contributed by atoms with E-state index in [0.717, 1.165) is 11.3 Å². The van der Waals surface area contributed by atoms with Crippen molar-refractivity contribution >= 4 is 33.0 Å². The summed E-state index contributed by atoms with van der Waals surface area (Å²) in [6.07, 6.45) is -1.05. The molecular formula is C12H11ClFNO3S2. The van der Waals surface area contributed by atoms with Crippen LogP contribution in [-0.2, 0) is 10.0 Å². The van der Waals surface area contributed by atoms with Crippen LogP contribution in [0, 0.1) is 5.82 Å². The molecule has 0 fully saturated rings. The summed E-state index contributed by atoms with van der Waals surface area (Å²) < 4.78 is 39.3. The van der Waals surface area contributed by atoms with Gasteiger partial charge in [-0.3, -0.25) is 0 Å². The average Bonchev–Trinajstić information content (AvgIpc) is 2.84. The van der Waals surface area contributed by atoms with Crippen LogP contribution in [0.15, 0.2) is 40.6 Å². The molecule has 8 heteroatoms. The van der Waals surface area contributed by atoms with E-state index in [2.05, 4.69) is 4.72 Å². The van der Waals surface area contributed by atoms with Crippen LogP contribution in [0.25, 0.3) is 0 Å². The lowest BCUT2D eigenvalue weighted by atomic mass is 10.1. The molecule has 0 radical (unpaired) electrons. The maximum atomic E-state index is 12.7. The van der Waals surface area contributed by atoms with Crippen LogP contribution in [0.1, 0.15) is 11.7 Å². The first-order valence-corrected chi connectivity index (χ1v) is 8.25. The Hall–Kier alpha value is -0.990. The van der Waals surface area contributed by atoms with Gasteiger partial charge in [0.15, 0.2) is 0 Å². The number of hydrogen-bond donors (Lipinski definition) is 2. The van der Waals surface area contributed by atoms with Gasteiger partial charge in [-0.1, -0.05) is 23.7 Å². The van der Waals surface area contributed by atoms with Crippen molar-refractivity contribution in [1.82, 2.24) is 4.72 Å². The van der Waals surface area contributed by atoms with Crippen LogP contribution >= 0.6 is 22.9 Å². The highest BCUT2D eigenvalue weighted by Gasteiger charge is 2.18. The lowest BCUT2D eigenvalue weighted by molar-refractivity contribution is 0.182. The van der Waals surface area contributed by atoms with Crippen LogP contribution < -0.4 is 4.72 Å². The summed E-state index contributed by atoms with van der Waals surface area (Å²) in [5, 5.41) is 9.85. The van der Waals surface area contributed by atoms with Crippen molar-refractivity contribution in [2.45, 2.75) is 10.3 Å². The number of halogens is 2. The van der Waals surface area contributed by atoms with Gasteiger partial charge in [-0.2, -0.15) is 0 Å². The molecular weight excluding hydrogens is 325 g/mol. The third kappa shape index (κ3) is 3.77. The van der Waals surface area contributed by atoms with E-state index in [1.165, 1.54) is 36.4 Å². The number of thiophene rings is 1. The molecule has 2 aromatic rings. The Labute approximate surface area is 124 Å². The zero-order valence-corrected chi connectivity index (χ0v) is 12.5. The largest absolute Gasteiger partial charge is 0.387 e. The Kier molecular flexibility index (Phi) is 4.77. The molecule has 20 heavy (non-hydrogen) atoms. The molecule has 0 aliphatic rings. The monoisotopic (exact) mass is 335 g/mol. The van der Waals surface area contributed by atoms with Crippen molar-refractivity contribution in [3.05, 3.63) is 52.1 Å². The molecule has 2 rings (SSSR count). The van der Waals surface area contributed by atoms with Gasteiger partial charge in [-0.05, 0) is 29.8 Å². The zero-order valence-electron chi connectivity index (χ0n) is 10.1. The molecule has 1 aromatic carbocycles. The Balaban J connectivity index is 2.03. The van der Waals surface area contributed by atoms with Crippen molar-refractivity contribution < 1.29 is 17.9 Å². The maximum Gasteiger partial charge on any atom is 0.250 e. The van der Waals surface area contributed by atoms with Gasteiger partial charge in [0.1, 0.15) is 10.0 Å². The van der Waals surface area contributed by atoms with Crippen molar-refractivity contribution in [2.24, 2.45) is 0 Å². The lowest BCUT2D eigenvalue weighted by Crippen LogP contribution is -2.28. The summed E-state index contributed by atoms with van der Waals surface area (Å²) in [5.41, 5.74) is 0.429. The number of aliphatic hydroxyl groups is 1. The van der Waals surface area contributed by atoms with E-state index in [9.17, 15) is 17.9 Å². The Morgan fingerprint density at radius 1 is 1.25 bits per heavy atom. The highest BCUT2D eigenvalue weighted by molar-refractivity contribution is 7.91. The molecule has 1 heterocycles. The molecule has 0 saturated carbocycles. The minimum absolute atomic E-state index is 0.0776. The molecule has 108 valence electrons. The second kappa shape index (κ2) is 6.19. The van der Waals surface area contributed by atoms with Gasteiger partial charge in [0.2, 0.25) is 10.0 Å². The molecule has 0 aliphatic carbocycles. The summed E-state index contributed by atoms with van der Waals surface area (Å²) in [6.45, 7) is -0.205. The van der Waals surface area contributed by atoms with E-state index >= 15 is 0 Å². The summed E-state index contributed by atoms with van der Waals surface area (Å²) in [7, 11) is -3.70. The molecule has 0 aliphatic heterocycles. The van der Waals surface area contributed by atoms with E-state index in [0.29, 0.717) is 9.90 Å². The van der Waals surface area contributed by atoms with Crippen molar-refractivity contribution in [2.75, 3.05) is 6.54 Å². The molecule has 0 unspecified atom stereocenters. The SMILES string of the molecule is O=S(=O)(NC[C@@H](O)c1ccc(F)cc1)c1ccc(Cl)s1. The maximum absolute atomic E-state index is 12.7. The van der Waals surface area contributed by atoms with Crippen LogP contribution in [0.2, 0.25) is 4.34 Å². The third-order valence-electron chi connectivity index (χ3n) is 2.53. The predicted molar refractivity (Wildman–Crippen MR) is 75.9 cm³/mol. The normalized spacial score (nSPS) is 13.3.